The molecule has 1 N–H and O–H groups in total. The molecule has 1 aliphatic carbocycles. The van der Waals surface area contributed by atoms with Crippen LogP contribution >= 0.6 is 0 Å². The van der Waals surface area contributed by atoms with E-state index in [0.29, 0.717) is 5.69 Å². The number of anilines is 1. The van der Waals surface area contributed by atoms with Gasteiger partial charge in [-0.05, 0) is 75.4 Å². The number of urea groups is 1. The van der Waals surface area contributed by atoms with Crippen LogP contribution in [0.15, 0.2) is 53.5 Å². The first kappa shape index (κ1) is 24.8. The van der Waals surface area contributed by atoms with E-state index in [4.69, 9.17) is 9.73 Å². The van der Waals surface area contributed by atoms with Gasteiger partial charge in [0.1, 0.15) is 22.9 Å². The second-order valence-electron chi connectivity index (χ2n) is 10.6. The van der Waals surface area contributed by atoms with Gasteiger partial charge in [-0.1, -0.05) is 37.5 Å². The maximum absolute atomic E-state index is 14.2. The quantitative estimate of drug-likeness (QED) is 0.546. The van der Waals surface area contributed by atoms with Gasteiger partial charge >= 0.3 is 6.03 Å². The van der Waals surface area contributed by atoms with Crippen molar-refractivity contribution >= 4 is 17.6 Å². The van der Waals surface area contributed by atoms with E-state index in [0.717, 1.165) is 56.9 Å². The number of ether oxygens (including phenoxy) is 1. The van der Waals surface area contributed by atoms with Gasteiger partial charge in [-0.3, -0.25) is 20.1 Å². The summed E-state index contributed by atoms with van der Waals surface area (Å²) in [5.74, 6) is 1.32. The zero-order chi connectivity index (χ0) is 25.1. The Morgan fingerprint density at radius 3 is 2.56 bits per heavy atom. The monoisotopic (exact) mass is 492 g/mol. The standard InChI is InChI=1S/C29H37FN4O2/c1-21(2)36-26-13-6-8-22(18-26)20-33-16-14-29(15-17-33)27(31-24-10-4-3-5-11-24)32-28(35)34(29)25-12-7-9-23(30)19-25/h6-9,12-13,18-19,21,24H,3-5,10-11,14-17,20H2,1-2H3,(H,31,32,35). The number of halogens is 1. The summed E-state index contributed by atoms with van der Waals surface area (Å²) in [6.45, 7) is 6.52. The van der Waals surface area contributed by atoms with Crippen molar-refractivity contribution in [1.29, 1.82) is 0 Å². The van der Waals surface area contributed by atoms with Gasteiger partial charge in [-0.15, -0.1) is 0 Å². The van der Waals surface area contributed by atoms with Crippen molar-refractivity contribution in [2.24, 2.45) is 4.99 Å². The van der Waals surface area contributed by atoms with Crippen molar-refractivity contribution < 1.29 is 13.9 Å². The molecule has 2 heterocycles. The second kappa shape index (κ2) is 10.6. The molecule has 0 bridgehead atoms. The largest absolute Gasteiger partial charge is 0.491 e. The predicted octanol–water partition coefficient (Wildman–Crippen LogP) is 5.91. The average Bonchev–Trinajstić information content (AvgIpc) is 3.11. The lowest BCUT2D eigenvalue weighted by Crippen LogP contribution is -2.57. The number of nitrogens with zero attached hydrogens (tertiary/aromatic N) is 3. The number of nitrogens with one attached hydrogen (secondary N) is 1. The molecule has 1 spiro atoms. The fourth-order valence-corrected chi connectivity index (χ4v) is 5.89. The molecule has 2 aromatic rings. The highest BCUT2D eigenvalue weighted by atomic mass is 19.1. The maximum Gasteiger partial charge on any atom is 0.328 e. The zero-order valence-corrected chi connectivity index (χ0v) is 21.4. The van der Waals surface area contributed by atoms with E-state index in [1.165, 1.54) is 37.0 Å². The smallest absolute Gasteiger partial charge is 0.328 e. The van der Waals surface area contributed by atoms with E-state index < -0.39 is 5.54 Å². The van der Waals surface area contributed by atoms with E-state index in [1.54, 1.807) is 11.0 Å². The normalized spacial score (nSPS) is 21.9. The third kappa shape index (κ3) is 5.26. The van der Waals surface area contributed by atoms with Crippen molar-refractivity contribution in [3.63, 3.8) is 0 Å². The molecule has 3 aliphatic rings. The van der Waals surface area contributed by atoms with Crippen LogP contribution in [0.25, 0.3) is 0 Å². The Hall–Kier alpha value is -2.93. The number of likely N-dealkylation sites (tertiary alicyclic amines) is 1. The Balaban J connectivity index is 1.38. The summed E-state index contributed by atoms with van der Waals surface area (Å²) in [7, 11) is 0. The molecule has 2 aromatic carbocycles. The molecular formula is C29H37FN4O2. The van der Waals surface area contributed by atoms with Crippen molar-refractivity contribution in [1.82, 2.24) is 10.2 Å². The molecule has 1 saturated carbocycles. The molecule has 7 heteroatoms. The minimum atomic E-state index is -0.568. The number of carbonyl (C=O) groups is 1. The minimum absolute atomic E-state index is 0.137. The van der Waals surface area contributed by atoms with Crippen LogP contribution in [0.4, 0.5) is 14.9 Å². The molecular weight excluding hydrogens is 455 g/mol. The van der Waals surface area contributed by atoms with Crippen molar-refractivity contribution in [2.45, 2.75) is 83.0 Å². The van der Waals surface area contributed by atoms with Crippen LogP contribution in [0.3, 0.4) is 0 Å². The average molecular weight is 493 g/mol. The van der Waals surface area contributed by atoms with Gasteiger partial charge in [0, 0.05) is 25.3 Å². The molecule has 6 nitrogen and oxygen atoms in total. The third-order valence-electron chi connectivity index (χ3n) is 7.61. The summed E-state index contributed by atoms with van der Waals surface area (Å²) in [4.78, 5) is 22.6. The molecule has 0 aromatic heterocycles. The molecule has 0 atom stereocenters. The molecule has 192 valence electrons. The molecule has 2 saturated heterocycles. The number of hydrogen-bond acceptors (Lipinski definition) is 4. The van der Waals surface area contributed by atoms with E-state index in [1.807, 2.05) is 32.0 Å². The summed E-state index contributed by atoms with van der Waals surface area (Å²) >= 11 is 0. The fraction of sp³-hybridized carbons (Fsp3) is 0.517. The number of rotatable bonds is 6. The number of amides is 2. The maximum atomic E-state index is 14.2. The van der Waals surface area contributed by atoms with Crippen molar-refractivity contribution in [3.05, 3.63) is 59.9 Å². The molecule has 3 fully saturated rings. The SMILES string of the molecule is CC(C)Oc1cccc(CN2CCC3(CC2)C(=NC2CCCCC2)NC(=O)N3c2cccc(F)c2)c1. The minimum Gasteiger partial charge on any atom is -0.491 e. The van der Waals surface area contributed by atoms with Gasteiger partial charge in [0.05, 0.1) is 12.1 Å². The lowest BCUT2D eigenvalue weighted by molar-refractivity contribution is 0.183. The van der Waals surface area contributed by atoms with E-state index in [9.17, 15) is 9.18 Å². The number of carbonyl (C=O) groups excluding carboxylic acids is 1. The second-order valence-corrected chi connectivity index (χ2v) is 10.6. The fourth-order valence-electron chi connectivity index (χ4n) is 5.89. The summed E-state index contributed by atoms with van der Waals surface area (Å²) in [5.41, 5.74) is 1.23. The summed E-state index contributed by atoms with van der Waals surface area (Å²) in [5, 5.41) is 3.10. The van der Waals surface area contributed by atoms with E-state index in [2.05, 4.69) is 22.3 Å². The molecule has 36 heavy (non-hydrogen) atoms. The van der Waals surface area contributed by atoms with Gasteiger partial charge in [0.2, 0.25) is 0 Å². The van der Waals surface area contributed by atoms with E-state index in [-0.39, 0.29) is 24.0 Å². The van der Waals surface area contributed by atoms with Crippen LogP contribution in [-0.4, -0.2) is 47.5 Å². The van der Waals surface area contributed by atoms with Crippen molar-refractivity contribution in [2.75, 3.05) is 18.0 Å². The molecule has 0 radical (unpaired) electrons. The lowest BCUT2D eigenvalue weighted by atomic mass is 9.84. The van der Waals surface area contributed by atoms with Gasteiger partial charge in [0.25, 0.3) is 0 Å². The first-order valence-corrected chi connectivity index (χ1v) is 13.4. The lowest BCUT2D eigenvalue weighted by Gasteiger charge is -2.44. The first-order valence-electron chi connectivity index (χ1n) is 13.4. The predicted molar refractivity (Wildman–Crippen MR) is 141 cm³/mol. The molecule has 2 amide bonds. The highest BCUT2D eigenvalue weighted by Crippen LogP contribution is 2.39. The van der Waals surface area contributed by atoms with Crippen LogP contribution in [0.5, 0.6) is 5.75 Å². The van der Waals surface area contributed by atoms with E-state index >= 15 is 0 Å². The Morgan fingerprint density at radius 2 is 1.83 bits per heavy atom. The Kier molecular flexibility index (Phi) is 7.28. The van der Waals surface area contributed by atoms with Crippen LogP contribution in [-0.2, 0) is 6.54 Å². The van der Waals surface area contributed by atoms with Crippen LogP contribution in [0.1, 0.15) is 64.4 Å². The van der Waals surface area contributed by atoms with Crippen LogP contribution in [0, 0.1) is 5.82 Å². The summed E-state index contributed by atoms with van der Waals surface area (Å²) in [6, 6.07) is 14.7. The molecule has 5 rings (SSSR count). The summed E-state index contributed by atoms with van der Waals surface area (Å²) < 4.78 is 20.1. The van der Waals surface area contributed by atoms with Crippen LogP contribution < -0.4 is 15.0 Å². The zero-order valence-electron chi connectivity index (χ0n) is 21.4. The topological polar surface area (TPSA) is 57.2 Å². The van der Waals surface area contributed by atoms with Gasteiger partial charge in [-0.2, -0.15) is 0 Å². The Bertz CT molecular complexity index is 1100. The summed E-state index contributed by atoms with van der Waals surface area (Å²) in [6.07, 6.45) is 7.39. The number of aliphatic imine (C=N–C) groups is 1. The van der Waals surface area contributed by atoms with Gasteiger partial charge in [-0.25, -0.2) is 9.18 Å². The molecule has 2 aliphatic heterocycles. The highest BCUT2D eigenvalue weighted by molar-refractivity contribution is 6.19. The first-order chi connectivity index (χ1) is 17.4. The van der Waals surface area contributed by atoms with Crippen molar-refractivity contribution in [3.8, 4) is 5.75 Å². The number of hydrogen-bond donors (Lipinski definition) is 1. The number of piperidine rings is 1. The number of benzene rings is 2. The van der Waals surface area contributed by atoms with Gasteiger partial charge in [0.15, 0.2) is 0 Å². The van der Waals surface area contributed by atoms with Crippen LogP contribution in [0.2, 0.25) is 0 Å². The Labute approximate surface area is 213 Å². The Morgan fingerprint density at radius 1 is 1.08 bits per heavy atom. The third-order valence-corrected chi connectivity index (χ3v) is 7.61. The highest BCUT2D eigenvalue weighted by Gasteiger charge is 2.53. The molecule has 0 unspecified atom stereocenters. The number of amidine groups is 1. The van der Waals surface area contributed by atoms with Gasteiger partial charge < -0.3 is 4.74 Å².